The van der Waals surface area contributed by atoms with Gasteiger partial charge in [-0.3, -0.25) is 28.8 Å². The highest BCUT2D eigenvalue weighted by molar-refractivity contribution is 7.80. The molecule has 0 aliphatic carbocycles. The van der Waals surface area contributed by atoms with Gasteiger partial charge in [-0.15, -0.1) is 0 Å². The molecule has 71 heavy (non-hydrogen) atoms. The maximum Gasteiger partial charge on any atom is 0.355 e. The number of nitrogens with one attached hydrogen (secondary N) is 3. The summed E-state index contributed by atoms with van der Waals surface area (Å²) in [6.45, 7) is -0.257. The number of ether oxygens (including phenoxy) is 8. The van der Waals surface area contributed by atoms with Crippen molar-refractivity contribution in [2.75, 3.05) is 42.7 Å². The summed E-state index contributed by atoms with van der Waals surface area (Å²) >= 11 is 6.00. The maximum absolute atomic E-state index is 14.2. The number of H-pyrrole nitrogens is 2. The van der Waals surface area contributed by atoms with Gasteiger partial charge in [-0.1, -0.05) is 72.9 Å². The van der Waals surface area contributed by atoms with E-state index in [-0.39, 0.29) is 115 Å². The lowest BCUT2D eigenvalue weighted by atomic mass is 9.77. The van der Waals surface area contributed by atoms with E-state index in [0.717, 1.165) is 0 Å². The molecule has 0 fully saturated rings. The lowest BCUT2D eigenvalue weighted by Gasteiger charge is -2.34. The van der Waals surface area contributed by atoms with Crippen LogP contribution in [-0.2, 0) is 118 Å². The molecule has 20 heteroatoms. The zero-order valence-corrected chi connectivity index (χ0v) is 41.2. The fourth-order valence-corrected chi connectivity index (χ4v) is 8.85. The SMILES string of the molecule is COC(=O)CCC1=C(CC(=O)OC)C(Cc2[nH]c(C(=O)OCc3ccccc3)c(CCC(=O)OC)c2CC(=O)OC)(Cc2[nH]c(C(=O)OCc3ccccc3)c(CCC(=O)OC)c2CC(=O)OC)NC1=S. The molecule has 0 saturated heterocycles. The third-order valence-corrected chi connectivity index (χ3v) is 12.4. The van der Waals surface area contributed by atoms with Gasteiger partial charge in [-0.2, -0.15) is 0 Å². The van der Waals surface area contributed by atoms with Crippen LogP contribution in [-0.4, -0.2) is 111 Å². The fourth-order valence-electron chi connectivity index (χ4n) is 8.43. The predicted molar refractivity (Wildman–Crippen MR) is 256 cm³/mol. The van der Waals surface area contributed by atoms with E-state index in [2.05, 4.69) is 15.3 Å². The average molecular weight is 1000 g/mol. The van der Waals surface area contributed by atoms with Crippen molar-refractivity contribution in [3.05, 3.63) is 128 Å². The van der Waals surface area contributed by atoms with E-state index in [1.807, 2.05) is 12.1 Å². The molecule has 5 rings (SSSR count). The summed E-state index contributed by atoms with van der Waals surface area (Å²) in [7, 11) is 7.23. The summed E-state index contributed by atoms with van der Waals surface area (Å²) in [5, 5.41) is 3.40. The summed E-state index contributed by atoms with van der Waals surface area (Å²) in [6.07, 6.45) is -2.51. The lowest BCUT2D eigenvalue weighted by Crippen LogP contribution is -2.49. The molecule has 0 radical (unpaired) electrons. The zero-order chi connectivity index (χ0) is 51.7. The maximum atomic E-state index is 14.2. The molecule has 1 aliphatic heterocycles. The highest BCUT2D eigenvalue weighted by atomic mass is 32.1. The number of rotatable bonds is 25. The molecule has 0 spiro atoms. The monoisotopic (exact) mass is 999 g/mol. The summed E-state index contributed by atoms with van der Waals surface area (Å²) in [5.41, 5.74) is 1.78. The first-order chi connectivity index (χ1) is 34.1. The topological polar surface area (TPSA) is 254 Å². The molecule has 0 amide bonds. The van der Waals surface area contributed by atoms with Gasteiger partial charge >= 0.3 is 47.8 Å². The first kappa shape index (κ1) is 54.3. The van der Waals surface area contributed by atoms with E-state index in [4.69, 9.17) is 50.1 Å². The van der Waals surface area contributed by atoms with Crippen LogP contribution in [0, 0.1) is 0 Å². The van der Waals surface area contributed by atoms with Crippen LogP contribution in [0.5, 0.6) is 0 Å². The van der Waals surface area contributed by atoms with E-state index in [1.165, 1.54) is 42.7 Å². The number of aromatic amines is 2. The van der Waals surface area contributed by atoms with E-state index < -0.39 is 72.6 Å². The molecule has 3 heterocycles. The second-order valence-corrected chi connectivity index (χ2v) is 16.7. The van der Waals surface area contributed by atoms with Crippen LogP contribution in [0.15, 0.2) is 71.8 Å². The Hall–Kier alpha value is -7.61. The van der Waals surface area contributed by atoms with Crippen LogP contribution in [0.3, 0.4) is 0 Å². The zero-order valence-electron chi connectivity index (χ0n) is 40.4. The first-order valence-electron chi connectivity index (χ1n) is 22.4. The van der Waals surface area contributed by atoms with Gasteiger partial charge in [0.05, 0.1) is 67.5 Å². The Morgan fingerprint density at radius 1 is 0.479 bits per heavy atom. The van der Waals surface area contributed by atoms with Crippen molar-refractivity contribution in [2.45, 2.75) is 89.4 Å². The third kappa shape index (κ3) is 14.2. The molecule has 2 aromatic carbocycles. The van der Waals surface area contributed by atoms with Gasteiger partial charge in [0.1, 0.15) is 29.6 Å². The van der Waals surface area contributed by atoms with Crippen LogP contribution >= 0.6 is 12.2 Å². The summed E-state index contributed by atoms with van der Waals surface area (Å²) in [6, 6.07) is 17.8. The number of aromatic nitrogens is 2. The number of benzene rings is 2. The van der Waals surface area contributed by atoms with Crippen molar-refractivity contribution in [3.63, 3.8) is 0 Å². The third-order valence-electron chi connectivity index (χ3n) is 12.0. The molecule has 0 atom stereocenters. The second-order valence-electron chi connectivity index (χ2n) is 16.3. The Bertz CT molecular complexity index is 2510. The average Bonchev–Trinajstić information content (AvgIpc) is 3.98. The first-order valence-corrected chi connectivity index (χ1v) is 22.8. The van der Waals surface area contributed by atoms with Gasteiger partial charge in [-0.05, 0) is 63.8 Å². The van der Waals surface area contributed by atoms with Gasteiger partial charge in [0, 0.05) is 43.5 Å². The van der Waals surface area contributed by atoms with Crippen molar-refractivity contribution >= 4 is 65.0 Å². The molecule has 1 aliphatic rings. The number of hydrogen-bond acceptors (Lipinski definition) is 17. The second kappa shape index (κ2) is 25.8. The van der Waals surface area contributed by atoms with Crippen molar-refractivity contribution in [2.24, 2.45) is 0 Å². The standard InChI is InChI=1S/C51H57N3O16S/c1-63-40(55)20-17-32-35(23-43(58)66-4)38(52-46(32)49(61)69-28-30-13-9-7-10-14-30)26-51(37(25-45(60)68-6)34(48(71)54-51)19-22-42(57)65-3)27-39-36(24-44(59)67-5)33(18-21-41(56)64-2)47(53-39)50(62)70-29-31-15-11-8-12-16-31/h7-16,52-53H,17-29H2,1-6H3,(H,54,71). The minimum atomic E-state index is -1.59. The van der Waals surface area contributed by atoms with E-state index in [0.29, 0.717) is 22.3 Å². The fraction of sp³-hybridized carbons (Fsp3) is 0.392. The van der Waals surface area contributed by atoms with E-state index >= 15 is 0 Å². The minimum Gasteiger partial charge on any atom is -0.469 e. The Labute approximate surface area is 415 Å². The highest BCUT2D eigenvalue weighted by Gasteiger charge is 2.47. The lowest BCUT2D eigenvalue weighted by molar-refractivity contribution is -0.141. The van der Waals surface area contributed by atoms with Crippen molar-refractivity contribution < 1.29 is 76.3 Å². The van der Waals surface area contributed by atoms with Crippen LogP contribution < -0.4 is 5.32 Å². The molecule has 19 nitrogen and oxygen atoms in total. The quantitative estimate of drug-likeness (QED) is 0.0450. The Balaban J connectivity index is 1.80. The number of thiocarbonyl (C=S) groups is 1. The Morgan fingerprint density at radius 3 is 1.23 bits per heavy atom. The molecule has 0 unspecified atom stereocenters. The van der Waals surface area contributed by atoms with Gasteiger partial charge in [0.25, 0.3) is 0 Å². The predicted octanol–water partition coefficient (Wildman–Crippen LogP) is 4.97. The van der Waals surface area contributed by atoms with Crippen molar-refractivity contribution in [1.29, 1.82) is 0 Å². The normalized spacial score (nSPS) is 12.6. The van der Waals surface area contributed by atoms with Gasteiger partial charge in [-0.25, -0.2) is 9.59 Å². The van der Waals surface area contributed by atoms with Gasteiger partial charge < -0.3 is 53.2 Å². The Kier molecular flexibility index (Phi) is 19.8. The minimum absolute atomic E-state index is 0.0189. The largest absolute Gasteiger partial charge is 0.469 e. The van der Waals surface area contributed by atoms with Crippen LogP contribution in [0.4, 0.5) is 0 Å². The van der Waals surface area contributed by atoms with Gasteiger partial charge in [0.2, 0.25) is 0 Å². The van der Waals surface area contributed by atoms with Crippen molar-refractivity contribution in [1.82, 2.24) is 15.3 Å². The molecule has 2 aromatic heterocycles. The molecule has 0 saturated carbocycles. The van der Waals surface area contributed by atoms with Crippen LogP contribution in [0.25, 0.3) is 0 Å². The molecule has 378 valence electrons. The Morgan fingerprint density at radius 2 is 0.845 bits per heavy atom. The van der Waals surface area contributed by atoms with Gasteiger partial charge in [0.15, 0.2) is 0 Å². The number of carbonyl (C=O) groups excluding carboxylic acids is 8. The van der Waals surface area contributed by atoms with Crippen LogP contribution in [0.1, 0.15) is 97.8 Å². The van der Waals surface area contributed by atoms with E-state index in [1.54, 1.807) is 48.5 Å². The molecular weight excluding hydrogens is 943 g/mol. The molecule has 0 bridgehead atoms. The molecule has 4 aromatic rings. The number of carbonyl (C=O) groups is 8. The number of esters is 8. The smallest absolute Gasteiger partial charge is 0.355 e. The summed E-state index contributed by atoms with van der Waals surface area (Å²) < 4.78 is 41.9. The number of hydrogen-bond donors (Lipinski definition) is 3. The molecular formula is C51H57N3O16S. The van der Waals surface area contributed by atoms with Crippen molar-refractivity contribution in [3.8, 4) is 0 Å². The number of methoxy groups -OCH3 is 6. The summed E-state index contributed by atoms with van der Waals surface area (Å²) in [5.74, 6) is -5.56. The van der Waals surface area contributed by atoms with E-state index in [9.17, 15) is 38.4 Å². The van der Waals surface area contributed by atoms with Crippen LogP contribution in [0.2, 0.25) is 0 Å². The molecule has 3 N–H and O–H groups in total. The summed E-state index contributed by atoms with van der Waals surface area (Å²) in [4.78, 5) is 113. The highest BCUT2D eigenvalue weighted by Crippen LogP contribution is 2.41.